The highest BCUT2D eigenvalue weighted by atomic mass is 19.1. The van der Waals surface area contributed by atoms with Crippen LogP contribution in [-0.2, 0) is 6.54 Å². The first-order valence-corrected chi connectivity index (χ1v) is 4.98. The molecule has 6 heteroatoms. The molecule has 2 aromatic heterocycles. The third-order valence-corrected chi connectivity index (χ3v) is 1.84. The van der Waals surface area contributed by atoms with Gasteiger partial charge in [-0.25, -0.2) is 13.8 Å². The van der Waals surface area contributed by atoms with Crippen LogP contribution in [0.1, 0.15) is 11.4 Å². The Balaban J connectivity index is 0.000000180. The number of pyridine rings is 2. The fourth-order valence-electron chi connectivity index (χ4n) is 0.969. The van der Waals surface area contributed by atoms with Gasteiger partial charge < -0.3 is 5.73 Å². The van der Waals surface area contributed by atoms with Crippen molar-refractivity contribution in [3.63, 3.8) is 0 Å². The van der Waals surface area contributed by atoms with Crippen LogP contribution < -0.4 is 5.73 Å². The Kier molecular flexibility index (Phi) is 5.35. The second-order valence-electron chi connectivity index (χ2n) is 3.15. The minimum atomic E-state index is -0.422. The molecular weight excluding hydrogens is 238 g/mol. The Hall–Kier alpha value is -2.39. The number of halogens is 2. The Morgan fingerprint density at radius 3 is 2.06 bits per heavy atom. The summed E-state index contributed by atoms with van der Waals surface area (Å²) < 4.78 is 24.2. The summed E-state index contributed by atoms with van der Waals surface area (Å²) in [6.07, 6.45) is 2.17. The van der Waals surface area contributed by atoms with Gasteiger partial charge in [-0.15, -0.1) is 0 Å². The highest BCUT2D eigenvalue weighted by Crippen LogP contribution is 1.95. The summed E-state index contributed by atoms with van der Waals surface area (Å²) >= 11 is 0. The number of hydrogen-bond acceptors (Lipinski definition) is 4. The highest BCUT2D eigenvalue weighted by molar-refractivity contribution is 5.18. The average molecular weight is 248 g/mol. The first-order valence-electron chi connectivity index (χ1n) is 4.98. The molecule has 2 aromatic rings. The third-order valence-electron chi connectivity index (χ3n) is 1.84. The smallest absolute Gasteiger partial charge is 0.141 e. The molecule has 0 aliphatic heterocycles. The summed E-state index contributed by atoms with van der Waals surface area (Å²) in [7, 11) is 0. The number of nitriles is 1. The van der Waals surface area contributed by atoms with E-state index in [0.29, 0.717) is 12.2 Å². The van der Waals surface area contributed by atoms with Crippen molar-refractivity contribution in [2.45, 2.75) is 6.54 Å². The third kappa shape index (κ3) is 4.63. The maximum Gasteiger partial charge on any atom is 0.141 e. The van der Waals surface area contributed by atoms with E-state index in [1.54, 1.807) is 12.1 Å². The topological polar surface area (TPSA) is 75.6 Å². The summed E-state index contributed by atoms with van der Waals surface area (Å²) in [6, 6.07) is 7.21. The fraction of sp³-hybridized carbons (Fsp3) is 0.0833. The van der Waals surface area contributed by atoms with Crippen molar-refractivity contribution in [1.29, 1.82) is 5.26 Å². The quantitative estimate of drug-likeness (QED) is 0.834. The molecule has 0 aliphatic rings. The Bertz CT molecular complexity index is 517. The van der Waals surface area contributed by atoms with Crippen LogP contribution in [0.15, 0.2) is 36.7 Å². The van der Waals surface area contributed by atoms with Crippen LogP contribution in [0.4, 0.5) is 8.78 Å². The molecule has 0 atom stereocenters. The lowest BCUT2D eigenvalue weighted by Gasteiger charge is -1.91. The lowest BCUT2D eigenvalue weighted by Crippen LogP contribution is -1.98. The van der Waals surface area contributed by atoms with E-state index in [1.807, 2.05) is 0 Å². The van der Waals surface area contributed by atoms with E-state index in [-0.39, 0.29) is 11.5 Å². The second kappa shape index (κ2) is 7.04. The van der Waals surface area contributed by atoms with Crippen molar-refractivity contribution in [3.8, 4) is 6.07 Å². The van der Waals surface area contributed by atoms with E-state index >= 15 is 0 Å². The molecule has 92 valence electrons. The molecule has 0 unspecified atom stereocenters. The minimum Gasteiger partial charge on any atom is -0.325 e. The van der Waals surface area contributed by atoms with Crippen LogP contribution in [0.5, 0.6) is 0 Å². The molecule has 0 saturated heterocycles. The summed E-state index contributed by atoms with van der Waals surface area (Å²) in [5.41, 5.74) is 6.15. The van der Waals surface area contributed by atoms with Crippen LogP contribution in [0.25, 0.3) is 0 Å². The number of aromatic nitrogens is 2. The SMILES string of the molecule is N#Cc1ccc(F)cn1.NCc1ccc(F)cn1. The van der Waals surface area contributed by atoms with Gasteiger partial charge in [-0.3, -0.25) is 4.98 Å². The van der Waals surface area contributed by atoms with Gasteiger partial charge in [-0.1, -0.05) is 0 Å². The minimum absolute atomic E-state index is 0.233. The van der Waals surface area contributed by atoms with Crippen LogP contribution in [-0.4, -0.2) is 9.97 Å². The molecule has 0 aliphatic carbocycles. The molecule has 18 heavy (non-hydrogen) atoms. The Morgan fingerprint density at radius 1 is 1.06 bits per heavy atom. The van der Waals surface area contributed by atoms with E-state index in [9.17, 15) is 8.78 Å². The maximum absolute atomic E-state index is 12.1. The molecule has 2 N–H and O–H groups in total. The zero-order valence-electron chi connectivity index (χ0n) is 9.35. The van der Waals surface area contributed by atoms with Gasteiger partial charge >= 0.3 is 0 Å². The molecular formula is C12H10F2N4. The predicted molar refractivity (Wildman–Crippen MR) is 61.0 cm³/mol. The van der Waals surface area contributed by atoms with Gasteiger partial charge in [0.1, 0.15) is 23.4 Å². The number of nitrogens with zero attached hydrogens (tertiary/aromatic N) is 3. The van der Waals surface area contributed by atoms with E-state index in [0.717, 1.165) is 12.4 Å². The summed E-state index contributed by atoms with van der Waals surface area (Å²) in [5.74, 6) is -0.749. The number of nitrogens with two attached hydrogens (primary N) is 1. The van der Waals surface area contributed by atoms with Gasteiger partial charge in [0.15, 0.2) is 0 Å². The van der Waals surface area contributed by atoms with Crippen molar-refractivity contribution in [2.75, 3.05) is 0 Å². The molecule has 0 bridgehead atoms. The first-order chi connectivity index (χ1) is 8.65. The maximum atomic E-state index is 12.1. The molecule has 4 nitrogen and oxygen atoms in total. The fourth-order valence-corrected chi connectivity index (χ4v) is 0.969. The Morgan fingerprint density at radius 2 is 1.67 bits per heavy atom. The second-order valence-corrected chi connectivity index (χ2v) is 3.15. The van der Waals surface area contributed by atoms with E-state index in [2.05, 4.69) is 9.97 Å². The number of rotatable bonds is 1. The average Bonchev–Trinajstić information content (AvgIpc) is 2.41. The zero-order valence-corrected chi connectivity index (χ0v) is 9.35. The van der Waals surface area contributed by atoms with Gasteiger partial charge in [0.2, 0.25) is 0 Å². The standard InChI is InChI=1S/C6H7FN2.C6H3FN2/c2*7-5-1-2-6(3-8)9-4-5/h1-2,4H,3,8H2;1-2,4H. The molecule has 0 amide bonds. The monoisotopic (exact) mass is 248 g/mol. The van der Waals surface area contributed by atoms with Gasteiger partial charge in [-0.05, 0) is 24.3 Å². The van der Waals surface area contributed by atoms with Crippen LogP contribution in [0, 0.1) is 23.0 Å². The van der Waals surface area contributed by atoms with Gasteiger partial charge in [0, 0.05) is 6.54 Å². The molecule has 0 saturated carbocycles. The first kappa shape index (κ1) is 13.7. The molecule has 0 spiro atoms. The highest BCUT2D eigenvalue weighted by Gasteiger charge is 1.90. The predicted octanol–water partition coefficient (Wildman–Crippen LogP) is 1.77. The van der Waals surface area contributed by atoms with Crippen molar-refractivity contribution in [1.82, 2.24) is 9.97 Å². The summed E-state index contributed by atoms with van der Waals surface area (Å²) in [4.78, 5) is 7.16. The molecule has 0 fully saturated rings. The normalized spacial score (nSPS) is 9.00. The zero-order chi connectivity index (χ0) is 13.4. The van der Waals surface area contributed by atoms with Crippen molar-refractivity contribution >= 4 is 0 Å². The largest absolute Gasteiger partial charge is 0.325 e. The van der Waals surface area contributed by atoms with E-state index in [1.165, 1.54) is 18.2 Å². The molecule has 0 aromatic carbocycles. The number of hydrogen-bond donors (Lipinski definition) is 1. The lowest BCUT2D eigenvalue weighted by atomic mass is 10.3. The summed E-state index contributed by atoms with van der Waals surface area (Å²) in [5, 5.41) is 8.19. The van der Waals surface area contributed by atoms with Gasteiger partial charge in [0.25, 0.3) is 0 Å². The van der Waals surface area contributed by atoms with Crippen molar-refractivity contribution < 1.29 is 8.78 Å². The van der Waals surface area contributed by atoms with E-state index < -0.39 is 5.82 Å². The van der Waals surface area contributed by atoms with Crippen LogP contribution >= 0.6 is 0 Å². The molecule has 2 heterocycles. The summed E-state index contributed by atoms with van der Waals surface area (Å²) in [6.45, 7) is 0.361. The van der Waals surface area contributed by atoms with Crippen molar-refractivity contribution in [3.05, 3.63) is 59.7 Å². The van der Waals surface area contributed by atoms with Crippen LogP contribution in [0.3, 0.4) is 0 Å². The van der Waals surface area contributed by atoms with E-state index in [4.69, 9.17) is 11.0 Å². The van der Waals surface area contributed by atoms with Crippen molar-refractivity contribution in [2.24, 2.45) is 5.73 Å². The van der Waals surface area contributed by atoms with Crippen LogP contribution in [0.2, 0.25) is 0 Å². The molecule has 2 rings (SSSR count). The lowest BCUT2D eigenvalue weighted by molar-refractivity contribution is 0.619. The van der Waals surface area contributed by atoms with Gasteiger partial charge in [0.05, 0.1) is 18.1 Å². The molecule has 0 radical (unpaired) electrons. The van der Waals surface area contributed by atoms with Gasteiger partial charge in [-0.2, -0.15) is 5.26 Å². The Labute approximate surface area is 103 Å².